The van der Waals surface area contributed by atoms with Gasteiger partial charge in [0.05, 0.1) is 11.7 Å². The van der Waals surface area contributed by atoms with Crippen molar-refractivity contribution >= 4 is 5.91 Å². The molecule has 19 heavy (non-hydrogen) atoms. The van der Waals surface area contributed by atoms with Crippen molar-refractivity contribution in [3.05, 3.63) is 0 Å². The molecule has 3 nitrogen and oxygen atoms in total. The maximum absolute atomic E-state index is 12.7. The molecule has 1 saturated heterocycles. The summed E-state index contributed by atoms with van der Waals surface area (Å²) in [6.45, 7) is 18.3. The molecule has 1 heterocycles. The molecular formula is C16H32N2O. The van der Waals surface area contributed by atoms with Gasteiger partial charge in [-0.2, -0.15) is 0 Å². The minimum Gasteiger partial charge on any atom is -0.325 e. The van der Waals surface area contributed by atoms with Crippen molar-refractivity contribution in [3.63, 3.8) is 0 Å². The number of hydrogen-bond donors (Lipinski definition) is 1. The monoisotopic (exact) mass is 268 g/mol. The molecule has 1 fully saturated rings. The van der Waals surface area contributed by atoms with Crippen LogP contribution in [0.5, 0.6) is 0 Å². The van der Waals surface area contributed by atoms with E-state index in [0.29, 0.717) is 11.8 Å². The smallest absolute Gasteiger partial charge is 0.243 e. The Bertz CT molecular complexity index is 332. The first-order valence-electron chi connectivity index (χ1n) is 7.61. The van der Waals surface area contributed by atoms with Gasteiger partial charge in [0.2, 0.25) is 5.91 Å². The molecular weight excluding hydrogens is 236 g/mol. The lowest BCUT2D eigenvalue weighted by atomic mass is 9.81. The lowest BCUT2D eigenvalue weighted by Crippen LogP contribution is -2.45. The molecule has 1 aliphatic heterocycles. The van der Waals surface area contributed by atoms with Crippen LogP contribution in [0, 0.1) is 17.3 Å². The number of amides is 1. The largest absolute Gasteiger partial charge is 0.325 e. The third kappa shape index (κ3) is 3.31. The summed E-state index contributed by atoms with van der Waals surface area (Å²) in [5.74, 6) is 1.19. The lowest BCUT2D eigenvalue weighted by molar-refractivity contribution is -0.134. The molecule has 0 bridgehead atoms. The highest BCUT2D eigenvalue weighted by Crippen LogP contribution is 2.32. The van der Waals surface area contributed by atoms with Crippen LogP contribution in [0.25, 0.3) is 0 Å². The molecule has 112 valence electrons. The molecule has 1 N–H and O–H groups in total. The van der Waals surface area contributed by atoms with Crippen molar-refractivity contribution in [1.29, 1.82) is 0 Å². The Labute approximate surface area is 119 Å². The SMILES string of the molecule is CCC1(C)NC(C(C)C)N(CC(C)C(C)(C)C)C1=O. The normalized spacial score (nSPS) is 30.3. The van der Waals surface area contributed by atoms with Crippen LogP contribution >= 0.6 is 0 Å². The molecule has 0 aromatic heterocycles. The molecule has 0 radical (unpaired) electrons. The Balaban J connectivity index is 2.93. The van der Waals surface area contributed by atoms with Gasteiger partial charge in [0, 0.05) is 6.54 Å². The summed E-state index contributed by atoms with van der Waals surface area (Å²) in [5.41, 5.74) is -0.153. The average Bonchev–Trinajstić information content (AvgIpc) is 2.53. The van der Waals surface area contributed by atoms with Gasteiger partial charge < -0.3 is 4.90 Å². The molecule has 1 rings (SSSR count). The van der Waals surface area contributed by atoms with Crippen molar-refractivity contribution < 1.29 is 4.79 Å². The highest BCUT2D eigenvalue weighted by Gasteiger charge is 2.48. The topological polar surface area (TPSA) is 32.3 Å². The first-order valence-corrected chi connectivity index (χ1v) is 7.61. The van der Waals surface area contributed by atoms with Crippen molar-refractivity contribution in [1.82, 2.24) is 10.2 Å². The van der Waals surface area contributed by atoms with E-state index in [1.165, 1.54) is 0 Å². The van der Waals surface area contributed by atoms with Gasteiger partial charge in [-0.15, -0.1) is 0 Å². The van der Waals surface area contributed by atoms with Gasteiger partial charge in [-0.3, -0.25) is 10.1 Å². The van der Waals surface area contributed by atoms with E-state index in [4.69, 9.17) is 0 Å². The van der Waals surface area contributed by atoms with Gasteiger partial charge in [-0.1, -0.05) is 48.5 Å². The molecule has 0 spiro atoms. The Kier molecular flexibility index (Phi) is 4.71. The summed E-state index contributed by atoms with van der Waals surface area (Å²) in [6.07, 6.45) is 1.01. The maximum atomic E-state index is 12.7. The second-order valence-electron chi connectivity index (χ2n) is 7.74. The van der Waals surface area contributed by atoms with Crippen LogP contribution in [0.4, 0.5) is 0 Å². The molecule has 3 atom stereocenters. The molecule has 1 aliphatic rings. The first kappa shape index (κ1) is 16.5. The Morgan fingerprint density at radius 2 is 1.84 bits per heavy atom. The van der Waals surface area contributed by atoms with Gasteiger partial charge in [-0.25, -0.2) is 0 Å². The van der Waals surface area contributed by atoms with Crippen LogP contribution in [-0.4, -0.2) is 29.1 Å². The Hall–Kier alpha value is -0.570. The Morgan fingerprint density at radius 1 is 1.32 bits per heavy atom. The van der Waals surface area contributed by atoms with E-state index in [9.17, 15) is 4.79 Å². The number of nitrogens with one attached hydrogen (secondary N) is 1. The molecule has 0 aromatic carbocycles. The zero-order valence-corrected chi connectivity index (χ0v) is 14.0. The van der Waals surface area contributed by atoms with Crippen molar-refractivity contribution in [2.45, 2.75) is 73.5 Å². The van der Waals surface area contributed by atoms with Crippen LogP contribution in [0.1, 0.15) is 61.8 Å². The third-order valence-electron chi connectivity index (χ3n) is 4.82. The summed E-state index contributed by atoms with van der Waals surface area (Å²) < 4.78 is 0. The maximum Gasteiger partial charge on any atom is 0.243 e. The number of nitrogens with zero attached hydrogens (tertiary/aromatic N) is 1. The van der Waals surface area contributed by atoms with Gasteiger partial charge in [0.25, 0.3) is 0 Å². The van der Waals surface area contributed by atoms with E-state index < -0.39 is 0 Å². The highest BCUT2D eigenvalue weighted by molar-refractivity contribution is 5.88. The molecule has 3 heteroatoms. The van der Waals surface area contributed by atoms with Gasteiger partial charge in [0.15, 0.2) is 0 Å². The zero-order valence-electron chi connectivity index (χ0n) is 14.0. The summed E-state index contributed by atoms with van der Waals surface area (Å²) >= 11 is 0. The number of rotatable bonds is 4. The number of carbonyl (C=O) groups is 1. The summed E-state index contributed by atoms with van der Waals surface area (Å²) in [4.78, 5) is 14.8. The van der Waals surface area contributed by atoms with Crippen LogP contribution in [0.2, 0.25) is 0 Å². The Morgan fingerprint density at radius 3 is 2.21 bits per heavy atom. The van der Waals surface area contributed by atoms with Crippen molar-refractivity contribution in [2.75, 3.05) is 6.54 Å². The standard InChI is InChI=1S/C16H32N2O/c1-9-16(8)14(19)18(13(17-16)11(2)3)10-12(4)15(5,6)7/h11-13,17H,9-10H2,1-8H3. The predicted octanol–water partition coefficient (Wildman–Crippen LogP) is 3.25. The average molecular weight is 268 g/mol. The zero-order chi connectivity index (χ0) is 15.0. The van der Waals surface area contributed by atoms with Crippen LogP contribution in [0.15, 0.2) is 0 Å². The third-order valence-corrected chi connectivity index (χ3v) is 4.82. The minimum absolute atomic E-state index is 0.169. The highest BCUT2D eigenvalue weighted by atomic mass is 16.2. The van der Waals surface area contributed by atoms with E-state index in [1.807, 2.05) is 6.92 Å². The fourth-order valence-electron chi connectivity index (χ4n) is 2.45. The van der Waals surface area contributed by atoms with Gasteiger partial charge in [-0.05, 0) is 30.6 Å². The molecule has 0 saturated carbocycles. The van der Waals surface area contributed by atoms with E-state index >= 15 is 0 Å². The first-order chi connectivity index (χ1) is 8.53. The van der Waals surface area contributed by atoms with E-state index in [0.717, 1.165) is 13.0 Å². The van der Waals surface area contributed by atoms with Gasteiger partial charge >= 0.3 is 0 Å². The van der Waals surface area contributed by atoms with Crippen molar-refractivity contribution in [2.24, 2.45) is 17.3 Å². The number of hydrogen-bond acceptors (Lipinski definition) is 2. The van der Waals surface area contributed by atoms with Crippen LogP contribution in [-0.2, 0) is 4.79 Å². The molecule has 0 aliphatic carbocycles. The predicted molar refractivity (Wildman–Crippen MR) is 80.8 cm³/mol. The fraction of sp³-hybridized carbons (Fsp3) is 0.938. The van der Waals surface area contributed by atoms with Crippen molar-refractivity contribution in [3.8, 4) is 0 Å². The van der Waals surface area contributed by atoms with E-state index in [2.05, 4.69) is 58.7 Å². The van der Waals surface area contributed by atoms with E-state index in [-0.39, 0.29) is 23.0 Å². The van der Waals surface area contributed by atoms with Gasteiger partial charge in [0.1, 0.15) is 0 Å². The summed E-state index contributed by atoms with van der Waals surface area (Å²) in [5, 5.41) is 3.55. The fourth-order valence-corrected chi connectivity index (χ4v) is 2.45. The number of carbonyl (C=O) groups excluding carboxylic acids is 1. The quantitative estimate of drug-likeness (QED) is 0.849. The summed E-state index contributed by atoms with van der Waals surface area (Å²) in [6, 6.07) is 0. The van der Waals surface area contributed by atoms with E-state index in [1.54, 1.807) is 0 Å². The molecule has 1 amide bonds. The van der Waals surface area contributed by atoms with Crippen LogP contribution in [0.3, 0.4) is 0 Å². The summed E-state index contributed by atoms with van der Waals surface area (Å²) in [7, 11) is 0. The second-order valence-corrected chi connectivity index (χ2v) is 7.74. The minimum atomic E-state index is -0.382. The molecule has 0 aromatic rings. The van der Waals surface area contributed by atoms with Crippen LogP contribution < -0.4 is 5.32 Å². The molecule has 3 unspecified atom stereocenters. The second kappa shape index (κ2) is 5.43. The lowest BCUT2D eigenvalue weighted by Gasteiger charge is -2.35.